The van der Waals surface area contributed by atoms with Gasteiger partial charge in [-0.05, 0) is 30.3 Å². The molecule has 1 amide bonds. The molecule has 0 spiro atoms. The number of hydrogen-bond acceptors (Lipinski definition) is 3. The smallest absolute Gasteiger partial charge is 0.255 e. The Morgan fingerprint density at radius 2 is 1.91 bits per heavy atom. The third-order valence-electron chi connectivity index (χ3n) is 2.89. The molecule has 7 heteroatoms. The number of rotatable bonds is 5. The van der Waals surface area contributed by atoms with Gasteiger partial charge in [-0.15, -0.1) is 6.42 Å². The summed E-state index contributed by atoms with van der Waals surface area (Å²) in [5.41, 5.74) is 0.0908. The van der Waals surface area contributed by atoms with E-state index in [9.17, 15) is 17.6 Å². The highest BCUT2D eigenvalue weighted by Gasteiger charge is 2.16. The van der Waals surface area contributed by atoms with Crippen molar-refractivity contribution >= 4 is 21.6 Å². The van der Waals surface area contributed by atoms with Crippen LogP contribution in [0, 0.1) is 18.2 Å². The van der Waals surface area contributed by atoms with Gasteiger partial charge < -0.3 is 5.32 Å². The van der Waals surface area contributed by atoms with Crippen LogP contribution in [-0.4, -0.2) is 20.9 Å². The second-order valence-corrected chi connectivity index (χ2v) is 6.26. The minimum atomic E-state index is -3.81. The first-order chi connectivity index (χ1) is 10.9. The Morgan fingerprint density at radius 3 is 2.61 bits per heavy atom. The second-order valence-electron chi connectivity index (χ2n) is 4.49. The van der Waals surface area contributed by atoms with Gasteiger partial charge in [0, 0.05) is 5.56 Å². The number of carbonyl (C=O) groups is 1. The van der Waals surface area contributed by atoms with Gasteiger partial charge in [0.25, 0.3) is 5.91 Å². The third kappa shape index (κ3) is 4.16. The van der Waals surface area contributed by atoms with E-state index in [4.69, 9.17) is 6.42 Å². The topological polar surface area (TPSA) is 75.3 Å². The molecule has 0 saturated heterocycles. The number of hydrogen-bond donors (Lipinski definition) is 2. The highest BCUT2D eigenvalue weighted by Crippen LogP contribution is 2.16. The summed E-state index contributed by atoms with van der Waals surface area (Å²) in [5.74, 6) is 0.954. The van der Waals surface area contributed by atoms with E-state index in [2.05, 4.69) is 16.0 Å². The summed E-state index contributed by atoms with van der Waals surface area (Å²) < 4.78 is 39.7. The van der Waals surface area contributed by atoms with Gasteiger partial charge in [-0.25, -0.2) is 12.8 Å². The van der Waals surface area contributed by atoms with Gasteiger partial charge in [-0.3, -0.25) is 4.79 Å². The molecule has 2 N–H and O–H groups in total. The van der Waals surface area contributed by atoms with E-state index in [1.54, 1.807) is 6.07 Å². The summed E-state index contributed by atoms with van der Waals surface area (Å²) in [7, 11) is -3.81. The standard InChI is InChI=1S/C16H13FN2O3S/c1-2-10-18-23(21,22)13-7-5-6-12(11-13)16(20)19-15-9-4-3-8-14(15)17/h1,3-9,11,18H,10H2,(H,19,20). The summed E-state index contributed by atoms with van der Waals surface area (Å²) in [6, 6.07) is 11.0. The lowest BCUT2D eigenvalue weighted by Gasteiger charge is -2.08. The highest BCUT2D eigenvalue weighted by atomic mass is 32.2. The Bertz CT molecular complexity index is 873. The van der Waals surface area contributed by atoms with Crippen molar-refractivity contribution < 1.29 is 17.6 Å². The first kappa shape index (κ1) is 16.7. The Hall–Kier alpha value is -2.69. The molecule has 2 aromatic rings. The molecule has 0 saturated carbocycles. The maximum absolute atomic E-state index is 13.5. The van der Waals surface area contributed by atoms with Crippen molar-refractivity contribution in [2.45, 2.75) is 4.90 Å². The third-order valence-corrected chi connectivity index (χ3v) is 4.29. The maximum atomic E-state index is 13.5. The number of anilines is 1. The van der Waals surface area contributed by atoms with Crippen LogP contribution in [0.3, 0.4) is 0 Å². The monoisotopic (exact) mass is 332 g/mol. The SMILES string of the molecule is C#CCNS(=O)(=O)c1cccc(C(=O)Nc2ccccc2F)c1. The van der Waals surface area contributed by atoms with E-state index in [0.717, 1.165) is 0 Å². The van der Waals surface area contributed by atoms with Crippen LogP contribution in [0.4, 0.5) is 10.1 Å². The predicted molar refractivity (Wildman–Crippen MR) is 84.8 cm³/mol. The van der Waals surface area contributed by atoms with Crippen LogP contribution in [0.2, 0.25) is 0 Å². The molecule has 0 atom stereocenters. The summed E-state index contributed by atoms with van der Waals surface area (Å²) in [4.78, 5) is 12.0. The lowest BCUT2D eigenvalue weighted by Crippen LogP contribution is -2.24. The van der Waals surface area contributed by atoms with Gasteiger partial charge in [-0.2, -0.15) is 4.72 Å². The van der Waals surface area contributed by atoms with E-state index < -0.39 is 21.7 Å². The summed E-state index contributed by atoms with van der Waals surface area (Å²) in [6.07, 6.45) is 5.02. The van der Waals surface area contributed by atoms with Gasteiger partial charge in [0.15, 0.2) is 0 Å². The number of benzene rings is 2. The lowest BCUT2D eigenvalue weighted by molar-refractivity contribution is 0.102. The molecule has 0 aliphatic heterocycles. The zero-order valence-corrected chi connectivity index (χ0v) is 12.7. The normalized spacial score (nSPS) is 10.8. The van der Waals surface area contributed by atoms with Gasteiger partial charge in [0.2, 0.25) is 10.0 Å². The molecule has 0 bridgehead atoms. The van der Waals surface area contributed by atoms with E-state index >= 15 is 0 Å². The van der Waals surface area contributed by atoms with Crippen LogP contribution in [0.5, 0.6) is 0 Å². The molecule has 118 valence electrons. The fourth-order valence-corrected chi connectivity index (χ4v) is 2.76. The van der Waals surface area contributed by atoms with Crippen LogP contribution in [0.15, 0.2) is 53.4 Å². The first-order valence-corrected chi connectivity index (χ1v) is 8.01. The van der Waals surface area contributed by atoms with Crippen molar-refractivity contribution in [2.75, 3.05) is 11.9 Å². The van der Waals surface area contributed by atoms with Crippen molar-refractivity contribution in [3.05, 3.63) is 59.9 Å². The average molecular weight is 332 g/mol. The Kier molecular flexibility index (Phi) is 5.11. The van der Waals surface area contributed by atoms with Gasteiger partial charge in [0.1, 0.15) is 5.82 Å². The van der Waals surface area contributed by atoms with Gasteiger partial charge in [0.05, 0.1) is 17.1 Å². The zero-order chi connectivity index (χ0) is 16.9. The number of sulfonamides is 1. The molecule has 2 aromatic carbocycles. The predicted octanol–water partition coefficient (Wildman–Crippen LogP) is 1.99. The van der Waals surface area contributed by atoms with Gasteiger partial charge >= 0.3 is 0 Å². The zero-order valence-electron chi connectivity index (χ0n) is 11.9. The second kappa shape index (κ2) is 7.05. The fraction of sp³-hybridized carbons (Fsp3) is 0.0625. The number of carbonyl (C=O) groups excluding carboxylic acids is 1. The average Bonchev–Trinajstić information content (AvgIpc) is 2.55. The largest absolute Gasteiger partial charge is 0.319 e. The molecule has 0 aliphatic rings. The van der Waals surface area contributed by atoms with Crippen molar-refractivity contribution in [1.82, 2.24) is 4.72 Å². The number of amides is 1. The van der Waals surface area contributed by atoms with E-state index in [-0.39, 0.29) is 22.7 Å². The first-order valence-electron chi connectivity index (χ1n) is 6.53. The molecular formula is C16H13FN2O3S. The molecule has 2 rings (SSSR count). The Morgan fingerprint density at radius 1 is 1.17 bits per heavy atom. The molecule has 0 fully saturated rings. The molecule has 5 nitrogen and oxygen atoms in total. The molecule has 0 radical (unpaired) electrons. The summed E-state index contributed by atoms with van der Waals surface area (Å²) in [5, 5.41) is 2.39. The summed E-state index contributed by atoms with van der Waals surface area (Å²) in [6.45, 7) is -0.159. The highest BCUT2D eigenvalue weighted by molar-refractivity contribution is 7.89. The minimum Gasteiger partial charge on any atom is -0.319 e. The molecule has 0 heterocycles. The molecular weight excluding hydrogens is 319 g/mol. The number of terminal acetylenes is 1. The van der Waals surface area contributed by atoms with E-state index in [0.29, 0.717) is 0 Å². The van der Waals surface area contributed by atoms with Crippen LogP contribution in [0.25, 0.3) is 0 Å². The van der Waals surface area contributed by atoms with E-state index in [1.807, 2.05) is 0 Å². The minimum absolute atomic E-state index is 0.0104. The molecule has 0 aliphatic carbocycles. The number of para-hydroxylation sites is 1. The molecule has 0 aromatic heterocycles. The van der Waals surface area contributed by atoms with Crippen molar-refractivity contribution in [2.24, 2.45) is 0 Å². The van der Waals surface area contributed by atoms with Crippen LogP contribution in [-0.2, 0) is 10.0 Å². The summed E-state index contributed by atoms with van der Waals surface area (Å²) >= 11 is 0. The van der Waals surface area contributed by atoms with Crippen molar-refractivity contribution in [3.8, 4) is 12.3 Å². The quantitative estimate of drug-likeness (QED) is 0.822. The Balaban J connectivity index is 2.25. The lowest BCUT2D eigenvalue weighted by atomic mass is 10.2. The van der Waals surface area contributed by atoms with Crippen LogP contribution < -0.4 is 10.0 Å². The molecule has 0 unspecified atom stereocenters. The van der Waals surface area contributed by atoms with Gasteiger partial charge in [-0.1, -0.05) is 24.1 Å². The van der Waals surface area contributed by atoms with E-state index in [1.165, 1.54) is 42.5 Å². The number of nitrogens with one attached hydrogen (secondary N) is 2. The maximum Gasteiger partial charge on any atom is 0.255 e. The van der Waals surface area contributed by atoms with Crippen molar-refractivity contribution in [3.63, 3.8) is 0 Å². The van der Waals surface area contributed by atoms with Crippen LogP contribution in [0.1, 0.15) is 10.4 Å². The number of halogens is 1. The molecule has 23 heavy (non-hydrogen) atoms. The van der Waals surface area contributed by atoms with Crippen molar-refractivity contribution in [1.29, 1.82) is 0 Å². The fourth-order valence-electron chi connectivity index (χ4n) is 1.78. The Labute approximate surface area is 133 Å². The van der Waals surface area contributed by atoms with Crippen LogP contribution >= 0.6 is 0 Å².